The summed E-state index contributed by atoms with van der Waals surface area (Å²) in [4.78, 5) is 14.6. The minimum Gasteiger partial charge on any atom is -0.390 e. The van der Waals surface area contributed by atoms with Crippen molar-refractivity contribution >= 4 is 11.6 Å². The van der Waals surface area contributed by atoms with Crippen LogP contribution < -0.4 is 0 Å². The predicted octanol–water partition coefficient (Wildman–Crippen LogP) is 0.0176. The van der Waals surface area contributed by atoms with E-state index in [9.17, 15) is 4.79 Å². The molecule has 3 aromatic heterocycles. The number of carbonyl (C=O) groups is 1. The molecule has 0 atom stereocenters. The van der Waals surface area contributed by atoms with Crippen LogP contribution in [0.5, 0.6) is 0 Å². The van der Waals surface area contributed by atoms with Crippen molar-refractivity contribution in [2.24, 2.45) is 7.05 Å². The maximum atomic E-state index is 12.8. The summed E-state index contributed by atoms with van der Waals surface area (Å²) >= 11 is 0. The quantitative estimate of drug-likeness (QED) is 0.723. The van der Waals surface area contributed by atoms with Gasteiger partial charge in [-0.2, -0.15) is 10.2 Å². The molecule has 1 aliphatic rings. The number of aliphatic hydroxyl groups excluding tert-OH is 1. The Balaban J connectivity index is 1.65. The molecule has 0 bridgehead atoms. The van der Waals surface area contributed by atoms with E-state index < -0.39 is 0 Å². The first-order valence-corrected chi connectivity index (χ1v) is 7.12. The van der Waals surface area contributed by atoms with Crippen molar-refractivity contribution in [3.05, 3.63) is 41.6 Å². The number of aromatic nitrogens is 5. The number of hydrogen-bond acceptors (Lipinski definition) is 4. The van der Waals surface area contributed by atoms with Gasteiger partial charge < -0.3 is 14.6 Å². The van der Waals surface area contributed by atoms with Crippen LogP contribution in [-0.2, 0) is 26.7 Å². The zero-order valence-corrected chi connectivity index (χ0v) is 12.2. The maximum Gasteiger partial charge on any atom is 0.259 e. The summed E-state index contributed by atoms with van der Waals surface area (Å²) in [7, 11) is 1.90. The number of carbonyl (C=O) groups excluding carboxylic acids is 1. The first kappa shape index (κ1) is 13.1. The standard InChI is InChI=1S/C14H16N6O2/c1-17-2-4-20-13(17)12(7-15-20)14(22)18-3-5-19-11(8-18)6-10(9-21)16-19/h2,4,6-7,21H,3,5,8-9H2,1H3. The van der Waals surface area contributed by atoms with Gasteiger partial charge in [-0.05, 0) is 6.07 Å². The molecule has 1 amide bonds. The maximum absolute atomic E-state index is 12.8. The Labute approximate surface area is 126 Å². The number of amides is 1. The van der Waals surface area contributed by atoms with Crippen LogP contribution in [0.3, 0.4) is 0 Å². The molecule has 8 nitrogen and oxygen atoms in total. The Kier molecular flexibility index (Phi) is 2.80. The average molecular weight is 300 g/mol. The molecule has 0 unspecified atom stereocenters. The second-order valence-electron chi connectivity index (χ2n) is 5.47. The van der Waals surface area contributed by atoms with Crippen molar-refractivity contribution in [2.75, 3.05) is 6.54 Å². The van der Waals surface area contributed by atoms with E-state index in [1.165, 1.54) is 0 Å². The van der Waals surface area contributed by atoms with Gasteiger partial charge >= 0.3 is 0 Å². The van der Waals surface area contributed by atoms with Gasteiger partial charge in [0.1, 0.15) is 11.2 Å². The number of fused-ring (bicyclic) bond motifs is 2. The number of hydrogen-bond donors (Lipinski definition) is 1. The predicted molar refractivity (Wildman–Crippen MR) is 77.1 cm³/mol. The Morgan fingerprint density at radius 2 is 2.23 bits per heavy atom. The van der Waals surface area contributed by atoms with Crippen LogP contribution in [0.4, 0.5) is 0 Å². The Bertz CT molecular complexity index is 858. The summed E-state index contributed by atoms with van der Waals surface area (Å²) in [6.07, 6.45) is 5.31. The lowest BCUT2D eigenvalue weighted by Crippen LogP contribution is -2.38. The van der Waals surface area contributed by atoms with Gasteiger partial charge in [0.2, 0.25) is 0 Å². The molecular formula is C14H16N6O2. The molecule has 0 spiro atoms. The largest absolute Gasteiger partial charge is 0.390 e. The van der Waals surface area contributed by atoms with E-state index in [4.69, 9.17) is 5.11 Å². The molecule has 114 valence electrons. The van der Waals surface area contributed by atoms with E-state index in [2.05, 4.69) is 10.2 Å². The molecule has 0 aromatic carbocycles. The number of nitrogens with zero attached hydrogens (tertiary/aromatic N) is 6. The van der Waals surface area contributed by atoms with E-state index in [0.717, 1.165) is 11.3 Å². The van der Waals surface area contributed by atoms with Gasteiger partial charge in [0.25, 0.3) is 5.91 Å². The molecule has 0 fully saturated rings. The van der Waals surface area contributed by atoms with Crippen molar-refractivity contribution in [1.82, 2.24) is 28.9 Å². The highest BCUT2D eigenvalue weighted by Crippen LogP contribution is 2.19. The lowest BCUT2D eigenvalue weighted by Gasteiger charge is -2.27. The number of aliphatic hydroxyl groups is 1. The van der Waals surface area contributed by atoms with E-state index in [0.29, 0.717) is 30.9 Å². The summed E-state index contributed by atoms with van der Waals surface area (Å²) in [5.41, 5.74) is 2.97. The first-order valence-electron chi connectivity index (χ1n) is 7.12. The van der Waals surface area contributed by atoms with Gasteiger partial charge in [0.15, 0.2) is 0 Å². The van der Waals surface area contributed by atoms with Crippen molar-refractivity contribution in [1.29, 1.82) is 0 Å². The Morgan fingerprint density at radius 3 is 3.05 bits per heavy atom. The molecular weight excluding hydrogens is 284 g/mol. The van der Waals surface area contributed by atoms with Gasteiger partial charge in [-0.25, -0.2) is 4.52 Å². The zero-order valence-electron chi connectivity index (χ0n) is 12.2. The third kappa shape index (κ3) is 1.84. The fourth-order valence-corrected chi connectivity index (χ4v) is 2.95. The highest BCUT2D eigenvalue weighted by atomic mass is 16.3. The van der Waals surface area contributed by atoms with Crippen LogP contribution in [0.1, 0.15) is 21.7 Å². The molecule has 1 aliphatic heterocycles. The van der Waals surface area contributed by atoms with Crippen molar-refractivity contribution in [3.8, 4) is 0 Å². The van der Waals surface area contributed by atoms with Gasteiger partial charge in [-0.15, -0.1) is 0 Å². The fourth-order valence-electron chi connectivity index (χ4n) is 2.95. The third-order valence-electron chi connectivity index (χ3n) is 4.06. The number of imidazole rings is 1. The van der Waals surface area contributed by atoms with Gasteiger partial charge in [-0.3, -0.25) is 9.48 Å². The molecule has 0 saturated carbocycles. The van der Waals surface area contributed by atoms with E-state index in [1.54, 1.807) is 15.6 Å². The molecule has 4 heterocycles. The smallest absolute Gasteiger partial charge is 0.259 e. The van der Waals surface area contributed by atoms with Crippen LogP contribution in [0.25, 0.3) is 5.65 Å². The summed E-state index contributed by atoms with van der Waals surface area (Å²) in [5.74, 6) is -0.0326. The zero-order chi connectivity index (χ0) is 15.3. The highest BCUT2D eigenvalue weighted by Gasteiger charge is 2.26. The number of rotatable bonds is 2. The molecule has 0 aliphatic carbocycles. The minimum atomic E-state index is -0.0820. The minimum absolute atomic E-state index is 0.0326. The summed E-state index contributed by atoms with van der Waals surface area (Å²) in [6.45, 7) is 1.65. The molecule has 22 heavy (non-hydrogen) atoms. The second-order valence-corrected chi connectivity index (χ2v) is 5.47. The fraction of sp³-hybridized carbons (Fsp3) is 0.357. The van der Waals surface area contributed by atoms with Crippen LogP contribution in [0, 0.1) is 0 Å². The third-order valence-corrected chi connectivity index (χ3v) is 4.06. The lowest BCUT2D eigenvalue weighted by molar-refractivity contribution is 0.0707. The molecule has 1 N–H and O–H groups in total. The average Bonchev–Trinajstić information content (AvgIpc) is 3.21. The van der Waals surface area contributed by atoms with E-state index in [-0.39, 0.29) is 12.5 Å². The SMILES string of the molecule is Cn1ccn2ncc(C(=O)N3CCn4nc(CO)cc4C3)c12. The Hall–Kier alpha value is -2.61. The van der Waals surface area contributed by atoms with Crippen molar-refractivity contribution < 1.29 is 9.90 Å². The summed E-state index contributed by atoms with van der Waals surface area (Å²) in [5, 5.41) is 17.7. The molecule has 8 heteroatoms. The van der Waals surface area contributed by atoms with Crippen molar-refractivity contribution in [3.63, 3.8) is 0 Å². The van der Waals surface area contributed by atoms with Gasteiger partial charge in [0, 0.05) is 26.0 Å². The second kappa shape index (κ2) is 4.70. The first-order chi connectivity index (χ1) is 10.7. The van der Waals surface area contributed by atoms with Crippen LogP contribution >= 0.6 is 0 Å². The van der Waals surface area contributed by atoms with Crippen LogP contribution in [-0.4, -0.2) is 46.4 Å². The monoisotopic (exact) mass is 300 g/mol. The van der Waals surface area contributed by atoms with Crippen LogP contribution in [0.2, 0.25) is 0 Å². The normalized spacial score (nSPS) is 14.5. The number of aryl methyl sites for hydroxylation is 1. The molecule has 3 aromatic rings. The van der Waals surface area contributed by atoms with Crippen molar-refractivity contribution in [2.45, 2.75) is 19.7 Å². The lowest BCUT2D eigenvalue weighted by atomic mass is 10.2. The molecule has 4 rings (SSSR count). The Morgan fingerprint density at radius 1 is 1.36 bits per heavy atom. The molecule has 0 radical (unpaired) electrons. The van der Waals surface area contributed by atoms with Gasteiger partial charge in [0.05, 0.1) is 37.3 Å². The van der Waals surface area contributed by atoms with Gasteiger partial charge in [-0.1, -0.05) is 0 Å². The topological polar surface area (TPSA) is 80.6 Å². The summed E-state index contributed by atoms with van der Waals surface area (Å²) in [6, 6.07) is 1.84. The summed E-state index contributed by atoms with van der Waals surface area (Å²) < 4.78 is 5.44. The van der Waals surface area contributed by atoms with E-state index in [1.807, 2.05) is 34.8 Å². The highest BCUT2D eigenvalue weighted by molar-refractivity contribution is 5.99. The molecule has 0 saturated heterocycles. The van der Waals surface area contributed by atoms with Crippen LogP contribution in [0.15, 0.2) is 24.7 Å². The van der Waals surface area contributed by atoms with E-state index >= 15 is 0 Å².